The molecule has 1 atom stereocenters. The minimum absolute atomic E-state index is 0.0761. The Morgan fingerprint density at radius 3 is 2.95 bits per heavy atom. The number of hydrogen-bond donors (Lipinski definition) is 1. The SMILES string of the molecule is CC1CCCN(CC(=O)Nc2ccccc2[N+](=O)[O-])C1. The molecule has 1 aromatic rings. The van der Waals surface area contributed by atoms with Crippen LogP contribution < -0.4 is 5.32 Å². The Morgan fingerprint density at radius 1 is 1.50 bits per heavy atom. The molecule has 1 N–H and O–H groups in total. The summed E-state index contributed by atoms with van der Waals surface area (Å²) in [7, 11) is 0. The van der Waals surface area contributed by atoms with E-state index in [1.807, 2.05) is 0 Å². The van der Waals surface area contributed by atoms with Gasteiger partial charge in [-0.2, -0.15) is 0 Å². The molecule has 1 unspecified atom stereocenters. The van der Waals surface area contributed by atoms with E-state index in [9.17, 15) is 14.9 Å². The van der Waals surface area contributed by atoms with Gasteiger partial charge in [-0.3, -0.25) is 19.8 Å². The van der Waals surface area contributed by atoms with E-state index in [-0.39, 0.29) is 23.8 Å². The van der Waals surface area contributed by atoms with Crippen molar-refractivity contribution in [2.75, 3.05) is 25.0 Å². The molecular weight excluding hydrogens is 258 g/mol. The number of amides is 1. The van der Waals surface area contributed by atoms with Gasteiger partial charge in [0.05, 0.1) is 11.5 Å². The third-order valence-electron chi connectivity index (χ3n) is 3.48. The van der Waals surface area contributed by atoms with Gasteiger partial charge in [-0.1, -0.05) is 19.1 Å². The molecular formula is C14H19N3O3. The maximum Gasteiger partial charge on any atom is 0.292 e. The minimum Gasteiger partial charge on any atom is -0.319 e. The molecule has 0 saturated carbocycles. The Hall–Kier alpha value is -1.95. The predicted octanol–water partition coefficient (Wildman–Crippen LogP) is 2.27. The highest BCUT2D eigenvalue weighted by atomic mass is 16.6. The Kier molecular flexibility index (Phi) is 4.68. The quantitative estimate of drug-likeness (QED) is 0.676. The van der Waals surface area contributed by atoms with Crippen LogP contribution in [-0.4, -0.2) is 35.4 Å². The summed E-state index contributed by atoms with van der Waals surface area (Å²) in [5.74, 6) is 0.399. The van der Waals surface area contributed by atoms with Gasteiger partial charge in [0.15, 0.2) is 0 Å². The van der Waals surface area contributed by atoms with E-state index in [2.05, 4.69) is 17.1 Å². The summed E-state index contributed by atoms with van der Waals surface area (Å²) >= 11 is 0. The number of hydrogen-bond acceptors (Lipinski definition) is 4. The number of benzene rings is 1. The Balaban J connectivity index is 1.96. The van der Waals surface area contributed by atoms with Crippen LogP contribution in [0.1, 0.15) is 19.8 Å². The van der Waals surface area contributed by atoms with E-state index in [1.54, 1.807) is 18.2 Å². The van der Waals surface area contributed by atoms with Crippen LogP contribution in [0.25, 0.3) is 0 Å². The second-order valence-electron chi connectivity index (χ2n) is 5.30. The summed E-state index contributed by atoms with van der Waals surface area (Å²) < 4.78 is 0. The lowest BCUT2D eigenvalue weighted by atomic mass is 10.0. The van der Waals surface area contributed by atoms with Gasteiger partial charge in [-0.05, 0) is 31.4 Å². The number of carbonyl (C=O) groups excluding carboxylic acids is 1. The summed E-state index contributed by atoms with van der Waals surface area (Å²) in [6.45, 7) is 4.28. The molecule has 20 heavy (non-hydrogen) atoms. The summed E-state index contributed by atoms with van der Waals surface area (Å²) in [5.41, 5.74) is 0.181. The standard InChI is InChI=1S/C14H19N3O3/c1-11-5-4-8-16(9-11)10-14(18)15-12-6-2-3-7-13(12)17(19)20/h2-3,6-7,11H,4-5,8-10H2,1H3,(H,15,18). The van der Waals surface area contributed by atoms with Crippen LogP contribution in [0.5, 0.6) is 0 Å². The van der Waals surface area contributed by atoms with E-state index >= 15 is 0 Å². The van der Waals surface area contributed by atoms with Crippen molar-refractivity contribution in [3.05, 3.63) is 34.4 Å². The lowest BCUT2D eigenvalue weighted by molar-refractivity contribution is -0.383. The number of nitrogens with zero attached hydrogens (tertiary/aromatic N) is 2. The highest BCUT2D eigenvalue weighted by Crippen LogP contribution is 2.23. The fourth-order valence-corrected chi connectivity index (χ4v) is 2.56. The first-order valence-corrected chi connectivity index (χ1v) is 6.82. The number of anilines is 1. The molecule has 1 fully saturated rings. The minimum atomic E-state index is -0.488. The first-order chi connectivity index (χ1) is 9.56. The van der Waals surface area contributed by atoms with E-state index in [0.29, 0.717) is 5.92 Å². The molecule has 1 aromatic carbocycles. The van der Waals surface area contributed by atoms with Crippen molar-refractivity contribution in [2.24, 2.45) is 5.92 Å². The fraction of sp³-hybridized carbons (Fsp3) is 0.500. The number of nitro benzene ring substituents is 1. The third-order valence-corrected chi connectivity index (χ3v) is 3.48. The molecule has 1 amide bonds. The molecule has 1 aliphatic heterocycles. The Morgan fingerprint density at radius 2 is 2.25 bits per heavy atom. The van der Waals surface area contributed by atoms with E-state index in [4.69, 9.17) is 0 Å². The number of nitro groups is 1. The number of carbonyl (C=O) groups is 1. The zero-order chi connectivity index (χ0) is 14.5. The second-order valence-corrected chi connectivity index (χ2v) is 5.30. The molecule has 0 radical (unpaired) electrons. The van der Waals surface area contributed by atoms with Crippen molar-refractivity contribution in [3.8, 4) is 0 Å². The van der Waals surface area contributed by atoms with Gasteiger partial charge >= 0.3 is 0 Å². The van der Waals surface area contributed by atoms with Crippen LogP contribution in [0.4, 0.5) is 11.4 Å². The molecule has 0 aromatic heterocycles. The normalized spacial score (nSPS) is 19.6. The first kappa shape index (κ1) is 14.5. The number of nitrogens with one attached hydrogen (secondary N) is 1. The van der Waals surface area contributed by atoms with Gasteiger partial charge < -0.3 is 5.32 Å². The van der Waals surface area contributed by atoms with Gasteiger partial charge in [-0.15, -0.1) is 0 Å². The number of likely N-dealkylation sites (tertiary alicyclic amines) is 1. The lowest BCUT2D eigenvalue weighted by Crippen LogP contribution is -2.39. The highest BCUT2D eigenvalue weighted by molar-refractivity contribution is 5.94. The van der Waals surface area contributed by atoms with E-state index < -0.39 is 4.92 Å². The fourth-order valence-electron chi connectivity index (χ4n) is 2.56. The van der Waals surface area contributed by atoms with E-state index in [1.165, 1.54) is 12.5 Å². The van der Waals surface area contributed by atoms with Gasteiger partial charge in [0.25, 0.3) is 5.69 Å². The molecule has 2 rings (SSSR count). The predicted molar refractivity (Wildman–Crippen MR) is 76.6 cm³/mol. The second kappa shape index (κ2) is 6.47. The molecule has 1 aliphatic rings. The van der Waals surface area contributed by atoms with Gasteiger partial charge in [0.1, 0.15) is 5.69 Å². The average Bonchev–Trinajstić information content (AvgIpc) is 2.38. The van der Waals surface area contributed by atoms with Gasteiger partial charge in [-0.25, -0.2) is 0 Å². The summed E-state index contributed by atoms with van der Waals surface area (Å²) in [6.07, 6.45) is 2.29. The average molecular weight is 277 g/mol. The number of rotatable bonds is 4. The maximum absolute atomic E-state index is 12.0. The lowest BCUT2D eigenvalue weighted by Gasteiger charge is -2.30. The van der Waals surface area contributed by atoms with Crippen LogP contribution >= 0.6 is 0 Å². The van der Waals surface area contributed by atoms with Crippen molar-refractivity contribution >= 4 is 17.3 Å². The van der Waals surface area contributed by atoms with Crippen LogP contribution in [0.3, 0.4) is 0 Å². The largest absolute Gasteiger partial charge is 0.319 e. The van der Waals surface area contributed by atoms with Gasteiger partial charge in [0.2, 0.25) is 5.91 Å². The van der Waals surface area contributed by atoms with Crippen molar-refractivity contribution in [1.29, 1.82) is 0 Å². The molecule has 1 saturated heterocycles. The van der Waals surface area contributed by atoms with Crippen molar-refractivity contribution in [3.63, 3.8) is 0 Å². The maximum atomic E-state index is 12.0. The number of piperidine rings is 1. The summed E-state index contributed by atoms with van der Waals surface area (Å²) in [6, 6.07) is 6.19. The van der Waals surface area contributed by atoms with Gasteiger partial charge in [0, 0.05) is 12.6 Å². The molecule has 0 spiro atoms. The topological polar surface area (TPSA) is 75.5 Å². The third kappa shape index (κ3) is 3.77. The highest BCUT2D eigenvalue weighted by Gasteiger charge is 2.20. The summed E-state index contributed by atoms with van der Waals surface area (Å²) in [4.78, 5) is 24.5. The zero-order valence-electron chi connectivity index (χ0n) is 11.5. The molecule has 0 aliphatic carbocycles. The van der Waals surface area contributed by atoms with Crippen molar-refractivity contribution in [2.45, 2.75) is 19.8 Å². The van der Waals surface area contributed by atoms with Crippen molar-refractivity contribution < 1.29 is 9.72 Å². The molecule has 1 heterocycles. The first-order valence-electron chi connectivity index (χ1n) is 6.82. The van der Waals surface area contributed by atoms with Crippen LogP contribution in [0, 0.1) is 16.0 Å². The van der Waals surface area contributed by atoms with Crippen molar-refractivity contribution in [1.82, 2.24) is 4.90 Å². The monoisotopic (exact) mass is 277 g/mol. The summed E-state index contributed by atoms with van der Waals surface area (Å²) in [5, 5.41) is 13.5. The molecule has 6 heteroatoms. The van der Waals surface area contributed by atoms with Crippen LogP contribution in [-0.2, 0) is 4.79 Å². The Labute approximate surface area is 117 Å². The Bertz CT molecular complexity index is 504. The molecule has 0 bridgehead atoms. The number of para-hydroxylation sites is 2. The van der Waals surface area contributed by atoms with E-state index in [0.717, 1.165) is 19.5 Å². The zero-order valence-corrected chi connectivity index (χ0v) is 11.5. The molecule has 108 valence electrons. The van der Waals surface area contributed by atoms with Crippen LogP contribution in [0.2, 0.25) is 0 Å². The smallest absolute Gasteiger partial charge is 0.292 e. The molecule has 6 nitrogen and oxygen atoms in total. The van der Waals surface area contributed by atoms with Crippen LogP contribution in [0.15, 0.2) is 24.3 Å².